The van der Waals surface area contributed by atoms with Crippen molar-refractivity contribution in [1.82, 2.24) is 4.90 Å². The van der Waals surface area contributed by atoms with Gasteiger partial charge in [0, 0.05) is 18.8 Å². The largest absolute Gasteiger partial charge is 0.341 e. The number of carbonyl (C=O) groups excluding carboxylic acids is 2. The topological polar surface area (TPSA) is 107 Å². The number of nitriles is 1. The Bertz CT molecular complexity index is 859. The molecular weight excluding hydrogens is 342 g/mol. The molecule has 8 heteroatoms. The molecule has 0 radical (unpaired) electrons. The van der Waals surface area contributed by atoms with E-state index < -0.39 is 21.7 Å². The number of nitrogens with one attached hydrogen (secondary N) is 1. The number of nitrogens with zero attached hydrogens (tertiary/aromatic N) is 2. The van der Waals surface area contributed by atoms with E-state index in [9.17, 15) is 18.0 Å². The molecule has 1 aliphatic carbocycles. The highest BCUT2D eigenvalue weighted by Crippen LogP contribution is 2.41. The Morgan fingerprint density at radius 2 is 2.08 bits per heavy atom. The summed E-state index contributed by atoms with van der Waals surface area (Å²) < 4.78 is 23.1. The molecule has 1 N–H and O–H groups in total. The van der Waals surface area contributed by atoms with E-state index in [2.05, 4.69) is 5.32 Å². The van der Waals surface area contributed by atoms with Crippen molar-refractivity contribution in [2.45, 2.75) is 18.9 Å². The fourth-order valence-electron chi connectivity index (χ4n) is 3.18. The van der Waals surface area contributed by atoms with Crippen molar-refractivity contribution in [3.05, 3.63) is 29.8 Å². The third-order valence-corrected chi connectivity index (χ3v) is 6.56. The second-order valence-electron chi connectivity index (χ2n) is 6.64. The van der Waals surface area contributed by atoms with Crippen LogP contribution in [0.25, 0.3) is 0 Å². The molecule has 7 nitrogen and oxygen atoms in total. The summed E-state index contributed by atoms with van der Waals surface area (Å²) in [7, 11) is -1.45. The Morgan fingerprint density at radius 3 is 2.72 bits per heavy atom. The van der Waals surface area contributed by atoms with Crippen LogP contribution in [0.3, 0.4) is 0 Å². The van der Waals surface area contributed by atoms with Crippen LogP contribution in [0.15, 0.2) is 24.3 Å². The van der Waals surface area contributed by atoms with Gasteiger partial charge < -0.3 is 10.2 Å². The van der Waals surface area contributed by atoms with Crippen LogP contribution in [0.5, 0.6) is 0 Å². The molecule has 25 heavy (non-hydrogen) atoms. The van der Waals surface area contributed by atoms with Crippen LogP contribution in [0.1, 0.15) is 18.4 Å². The summed E-state index contributed by atoms with van der Waals surface area (Å²) in [6.45, 7) is 0. The highest BCUT2D eigenvalue weighted by Gasteiger charge is 2.50. The first-order valence-corrected chi connectivity index (χ1v) is 9.91. The Kier molecular flexibility index (Phi) is 4.52. The average Bonchev–Trinajstić information content (AvgIpc) is 3.30. The fraction of sp³-hybridized carbons (Fsp3) is 0.471. The van der Waals surface area contributed by atoms with Crippen molar-refractivity contribution in [2.24, 2.45) is 11.8 Å². The molecule has 1 heterocycles. The van der Waals surface area contributed by atoms with Gasteiger partial charge in [-0.3, -0.25) is 9.59 Å². The standard InChI is InChI=1S/C17H19N3O4S/c1-20(13-5-6-25(23,24)10-13)17(22)15-8-14(15)16(21)19-12-4-2-3-11(7-12)9-18/h2-4,7,13-15H,5-6,8,10H2,1H3,(H,19,21). The molecule has 2 aliphatic rings. The molecule has 3 unspecified atom stereocenters. The lowest BCUT2D eigenvalue weighted by Gasteiger charge is -2.23. The van der Waals surface area contributed by atoms with Crippen molar-refractivity contribution in [3.63, 3.8) is 0 Å². The van der Waals surface area contributed by atoms with Crippen molar-refractivity contribution in [3.8, 4) is 6.07 Å². The summed E-state index contributed by atoms with van der Waals surface area (Å²) in [6.07, 6.45) is 0.918. The van der Waals surface area contributed by atoms with E-state index >= 15 is 0 Å². The van der Waals surface area contributed by atoms with Crippen molar-refractivity contribution in [2.75, 3.05) is 23.9 Å². The number of hydrogen-bond acceptors (Lipinski definition) is 5. The van der Waals surface area contributed by atoms with E-state index in [4.69, 9.17) is 5.26 Å². The zero-order valence-corrected chi connectivity index (χ0v) is 14.6. The van der Waals surface area contributed by atoms with Gasteiger partial charge in [0.1, 0.15) is 0 Å². The number of amides is 2. The number of anilines is 1. The maximum atomic E-state index is 12.5. The van der Waals surface area contributed by atoms with Gasteiger partial charge in [-0.15, -0.1) is 0 Å². The minimum Gasteiger partial charge on any atom is -0.341 e. The first kappa shape index (κ1) is 17.4. The maximum Gasteiger partial charge on any atom is 0.228 e. The van der Waals surface area contributed by atoms with Gasteiger partial charge in [0.2, 0.25) is 11.8 Å². The van der Waals surface area contributed by atoms with Crippen LogP contribution >= 0.6 is 0 Å². The summed E-state index contributed by atoms with van der Waals surface area (Å²) in [4.78, 5) is 26.2. The first-order chi connectivity index (χ1) is 11.8. The average molecular weight is 361 g/mol. The van der Waals surface area contributed by atoms with Gasteiger partial charge in [-0.05, 0) is 31.0 Å². The molecule has 3 rings (SSSR count). The molecule has 2 fully saturated rings. The number of benzene rings is 1. The van der Waals surface area contributed by atoms with Crippen molar-refractivity contribution in [1.29, 1.82) is 5.26 Å². The molecule has 0 spiro atoms. The van der Waals surface area contributed by atoms with Crippen LogP contribution in [0.2, 0.25) is 0 Å². The van der Waals surface area contributed by atoms with Crippen LogP contribution in [-0.4, -0.2) is 49.7 Å². The highest BCUT2D eigenvalue weighted by atomic mass is 32.2. The SMILES string of the molecule is CN(C(=O)C1CC1C(=O)Nc1cccc(C#N)c1)C1CCS(=O)(=O)C1. The van der Waals surface area contributed by atoms with Gasteiger partial charge in [0.25, 0.3) is 0 Å². The molecule has 132 valence electrons. The molecule has 1 aliphatic heterocycles. The van der Waals surface area contributed by atoms with Gasteiger partial charge >= 0.3 is 0 Å². The molecule has 1 aromatic carbocycles. The monoisotopic (exact) mass is 361 g/mol. The third kappa shape index (κ3) is 3.82. The third-order valence-electron chi connectivity index (χ3n) is 4.81. The lowest BCUT2D eigenvalue weighted by atomic mass is 10.2. The lowest BCUT2D eigenvalue weighted by Crippen LogP contribution is -2.39. The zero-order valence-electron chi connectivity index (χ0n) is 13.8. The number of sulfone groups is 1. The van der Waals surface area contributed by atoms with Crippen LogP contribution in [-0.2, 0) is 19.4 Å². The Morgan fingerprint density at radius 1 is 1.32 bits per heavy atom. The second-order valence-corrected chi connectivity index (χ2v) is 8.87. The van der Waals surface area contributed by atoms with E-state index in [1.54, 1.807) is 31.3 Å². The minimum absolute atomic E-state index is 0.000223. The Balaban J connectivity index is 1.57. The first-order valence-electron chi connectivity index (χ1n) is 8.09. The molecule has 0 bridgehead atoms. The predicted molar refractivity (Wildman–Crippen MR) is 91.2 cm³/mol. The number of carbonyl (C=O) groups is 2. The molecule has 1 aromatic rings. The van der Waals surface area contributed by atoms with Gasteiger partial charge in [-0.25, -0.2) is 8.42 Å². The Hall–Kier alpha value is -2.40. The summed E-state index contributed by atoms with van der Waals surface area (Å²) >= 11 is 0. The predicted octanol–water partition coefficient (Wildman–Crippen LogP) is 0.778. The van der Waals surface area contributed by atoms with Gasteiger partial charge in [-0.2, -0.15) is 5.26 Å². The molecule has 0 aromatic heterocycles. The maximum absolute atomic E-state index is 12.5. The summed E-state index contributed by atoms with van der Waals surface area (Å²) in [6, 6.07) is 8.29. The van der Waals surface area contributed by atoms with Gasteiger partial charge in [0.15, 0.2) is 9.84 Å². The fourth-order valence-corrected chi connectivity index (χ4v) is 4.96. The zero-order chi connectivity index (χ0) is 18.2. The number of hydrogen-bond donors (Lipinski definition) is 1. The minimum atomic E-state index is -3.06. The van der Waals surface area contributed by atoms with E-state index in [1.807, 2.05) is 6.07 Å². The van der Waals surface area contributed by atoms with Crippen LogP contribution < -0.4 is 5.32 Å². The number of rotatable bonds is 4. The van der Waals surface area contributed by atoms with Crippen LogP contribution in [0, 0.1) is 23.2 Å². The molecule has 2 amide bonds. The van der Waals surface area contributed by atoms with Gasteiger partial charge in [-0.1, -0.05) is 6.07 Å². The van der Waals surface area contributed by atoms with E-state index in [0.717, 1.165) is 0 Å². The Labute approximate surface area is 146 Å². The second kappa shape index (κ2) is 6.48. The summed E-state index contributed by atoms with van der Waals surface area (Å²) in [5.41, 5.74) is 0.973. The molecule has 3 atom stereocenters. The van der Waals surface area contributed by atoms with E-state index in [1.165, 1.54) is 4.90 Å². The van der Waals surface area contributed by atoms with Gasteiger partial charge in [0.05, 0.1) is 35.0 Å². The summed E-state index contributed by atoms with van der Waals surface area (Å²) in [5.74, 6) is -1.11. The smallest absolute Gasteiger partial charge is 0.228 e. The van der Waals surface area contributed by atoms with Crippen molar-refractivity contribution >= 4 is 27.3 Å². The highest BCUT2D eigenvalue weighted by molar-refractivity contribution is 7.91. The molecular formula is C17H19N3O4S. The van der Waals surface area contributed by atoms with Crippen LogP contribution in [0.4, 0.5) is 5.69 Å². The lowest BCUT2D eigenvalue weighted by molar-refractivity contribution is -0.134. The van der Waals surface area contributed by atoms with E-state index in [0.29, 0.717) is 24.1 Å². The molecule has 1 saturated heterocycles. The quantitative estimate of drug-likeness (QED) is 0.853. The normalized spacial score (nSPS) is 26.5. The summed E-state index contributed by atoms with van der Waals surface area (Å²) in [5, 5.41) is 11.6. The molecule has 1 saturated carbocycles. The van der Waals surface area contributed by atoms with Crippen molar-refractivity contribution < 1.29 is 18.0 Å². The van der Waals surface area contributed by atoms with E-state index in [-0.39, 0.29) is 29.4 Å².